The molecule has 1 saturated heterocycles. The lowest BCUT2D eigenvalue weighted by Gasteiger charge is -2.26. The second-order valence-electron chi connectivity index (χ2n) is 7.31. The number of nitrogens with zero attached hydrogens (tertiary/aromatic N) is 6. The van der Waals surface area contributed by atoms with Gasteiger partial charge in [-0.25, -0.2) is 0 Å². The minimum atomic E-state index is 0.527. The van der Waals surface area contributed by atoms with Gasteiger partial charge in [0.1, 0.15) is 0 Å². The largest absolute Gasteiger partial charge is 0.338 e. The Hall–Kier alpha value is -2.73. The van der Waals surface area contributed by atoms with Crippen LogP contribution < -0.4 is 4.90 Å². The fourth-order valence-electron chi connectivity index (χ4n) is 3.59. The molecule has 140 valence electrons. The molecular formula is C21H26N6. The molecule has 1 aliphatic rings. The first-order valence-electron chi connectivity index (χ1n) is 9.59. The van der Waals surface area contributed by atoms with E-state index in [1.807, 2.05) is 4.68 Å². The number of hydrogen-bond donors (Lipinski definition) is 0. The van der Waals surface area contributed by atoms with Crippen molar-refractivity contribution >= 4 is 5.95 Å². The van der Waals surface area contributed by atoms with E-state index in [9.17, 15) is 0 Å². The zero-order valence-electron chi connectivity index (χ0n) is 16.0. The third-order valence-corrected chi connectivity index (χ3v) is 5.34. The summed E-state index contributed by atoms with van der Waals surface area (Å²) in [4.78, 5) is 4.86. The van der Waals surface area contributed by atoms with Crippen molar-refractivity contribution in [1.82, 2.24) is 25.1 Å². The van der Waals surface area contributed by atoms with Gasteiger partial charge in [-0.05, 0) is 48.4 Å². The predicted molar refractivity (Wildman–Crippen MR) is 107 cm³/mol. The molecule has 0 amide bonds. The molecule has 0 N–H and O–H groups in total. The van der Waals surface area contributed by atoms with E-state index in [0.29, 0.717) is 6.04 Å². The fraction of sp³-hybridized carbons (Fsp3) is 0.381. The van der Waals surface area contributed by atoms with Crippen LogP contribution in [0, 0.1) is 6.92 Å². The summed E-state index contributed by atoms with van der Waals surface area (Å²) in [6.45, 7) is 8.26. The van der Waals surface area contributed by atoms with Crippen LogP contribution in [0.5, 0.6) is 0 Å². The topological polar surface area (TPSA) is 50.1 Å². The SMILES string of the molecule is Cc1ccc(-n2nnnc2N2CCC(C)N(Cc3ccccc3)CC2)cc1. The Morgan fingerprint density at radius 3 is 2.52 bits per heavy atom. The molecule has 1 atom stereocenters. The summed E-state index contributed by atoms with van der Waals surface area (Å²) in [5.74, 6) is 0.826. The highest BCUT2D eigenvalue weighted by Gasteiger charge is 2.24. The second kappa shape index (κ2) is 7.88. The number of benzene rings is 2. The first-order valence-corrected chi connectivity index (χ1v) is 9.59. The van der Waals surface area contributed by atoms with Crippen molar-refractivity contribution in [2.45, 2.75) is 32.9 Å². The Morgan fingerprint density at radius 1 is 0.963 bits per heavy atom. The van der Waals surface area contributed by atoms with E-state index in [1.165, 1.54) is 11.1 Å². The van der Waals surface area contributed by atoms with Crippen molar-refractivity contribution in [3.05, 3.63) is 65.7 Å². The molecule has 3 aromatic rings. The van der Waals surface area contributed by atoms with E-state index in [1.54, 1.807) is 0 Å². The first-order chi connectivity index (χ1) is 13.2. The quantitative estimate of drug-likeness (QED) is 0.714. The van der Waals surface area contributed by atoms with Crippen molar-refractivity contribution in [3.63, 3.8) is 0 Å². The van der Waals surface area contributed by atoms with Crippen molar-refractivity contribution in [3.8, 4) is 5.69 Å². The van der Waals surface area contributed by atoms with Crippen LogP contribution in [0.2, 0.25) is 0 Å². The molecule has 1 aliphatic heterocycles. The van der Waals surface area contributed by atoms with E-state index in [0.717, 1.165) is 44.2 Å². The van der Waals surface area contributed by atoms with Crippen molar-refractivity contribution < 1.29 is 0 Å². The molecule has 27 heavy (non-hydrogen) atoms. The van der Waals surface area contributed by atoms with Crippen LogP contribution in [0.15, 0.2) is 54.6 Å². The summed E-state index contributed by atoms with van der Waals surface area (Å²) < 4.78 is 1.84. The minimum absolute atomic E-state index is 0.527. The van der Waals surface area contributed by atoms with E-state index >= 15 is 0 Å². The molecule has 2 aromatic carbocycles. The lowest BCUT2D eigenvalue weighted by molar-refractivity contribution is 0.212. The number of hydrogen-bond acceptors (Lipinski definition) is 5. The maximum absolute atomic E-state index is 4.32. The molecule has 6 heteroatoms. The van der Waals surface area contributed by atoms with Crippen molar-refractivity contribution in [2.24, 2.45) is 0 Å². The third kappa shape index (κ3) is 4.01. The van der Waals surface area contributed by atoms with Gasteiger partial charge in [-0.2, -0.15) is 4.68 Å². The Morgan fingerprint density at radius 2 is 1.74 bits per heavy atom. The standard InChI is InChI=1S/C21H26N6/c1-17-8-10-20(11-9-17)27-21(22-23-24-27)25-13-12-18(2)26(15-14-25)16-19-6-4-3-5-7-19/h3-11,18H,12-16H2,1-2H3. The Labute approximate surface area is 160 Å². The average molecular weight is 362 g/mol. The predicted octanol–water partition coefficient (Wildman–Crippen LogP) is 3.07. The van der Waals surface area contributed by atoms with Gasteiger partial charge in [0, 0.05) is 32.2 Å². The van der Waals surface area contributed by atoms with Crippen LogP contribution in [-0.4, -0.2) is 50.8 Å². The molecular weight excluding hydrogens is 336 g/mol. The maximum atomic E-state index is 4.32. The van der Waals surface area contributed by atoms with E-state index in [-0.39, 0.29) is 0 Å². The zero-order valence-corrected chi connectivity index (χ0v) is 16.0. The van der Waals surface area contributed by atoms with Crippen LogP contribution in [0.3, 0.4) is 0 Å². The highest BCUT2D eigenvalue weighted by molar-refractivity contribution is 5.41. The normalized spacial score (nSPS) is 18.4. The Balaban J connectivity index is 1.50. The van der Waals surface area contributed by atoms with E-state index in [2.05, 4.69) is 93.8 Å². The monoisotopic (exact) mass is 362 g/mol. The molecule has 4 rings (SSSR count). The van der Waals surface area contributed by atoms with Gasteiger partial charge < -0.3 is 4.90 Å². The Bertz CT molecular complexity index is 858. The molecule has 1 unspecified atom stereocenters. The molecule has 0 bridgehead atoms. The molecule has 0 aliphatic carbocycles. The molecule has 1 fully saturated rings. The molecule has 2 heterocycles. The number of anilines is 1. The minimum Gasteiger partial charge on any atom is -0.338 e. The van der Waals surface area contributed by atoms with E-state index in [4.69, 9.17) is 0 Å². The zero-order chi connectivity index (χ0) is 18.6. The highest BCUT2D eigenvalue weighted by atomic mass is 15.6. The first kappa shape index (κ1) is 17.7. The highest BCUT2D eigenvalue weighted by Crippen LogP contribution is 2.20. The number of rotatable bonds is 4. The van der Waals surface area contributed by atoms with Gasteiger partial charge in [0.15, 0.2) is 0 Å². The average Bonchev–Trinajstić information content (AvgIpc) is 3.10. The van der Waals surface area contributed by atoms with Gasteiger partial charge >= 0.3 is 0 Å². The van der Waals surface area contributed by atoms with Gasteiger partial charge in [0.25, 0.3) is 0 Å². The lowest BCUT2D eigenvalue weighted by Crippen LogP contribution is -2.34. The van der Waals surface area contributed by atoms with Crippen LogP contribution in [-0.2, 0) is 6.54 Å². The van der Waals surface area contributed by atoms with Gasteiger partial charge in [0.05, 0.1) is 5.69 Å². The van der Waals surface area contributed by atoms with Crippen molar-refractivity contribution in [2.75, 3.05) is 24.5 Å². The van der Waals surface area contributed by atoms with Crippen LogP contribution >= 0.6 is 0 Å². The molecule has 6 nitrogen and oxygen atoms in total. The maximum Gasteiger partial charge on any atom is 0.250 e. The third-order valence-electron chi connectivity index (χ3n) is 5.34. The van der Waals surface area contributed by atoms with Gasteiger partial charge in [-0.3, -0.25) is 4.90 Å². The van der Waals surface area contributed by atoms with Gasteiger partial charge in [-0.15, -0.1) is 0 Å². The summed E-state index contributed by atoms with van der Waals surface area (Å²) in [7, 11) is 0. The number of tetrazole rings is 1. The summed E-state index contributed by atoms with van der Waals surface area (Å²) >= 11 is 0. The van der Waals surface area contributed by atoms with Crippen LogP contribution in [0.25, 0.3) is 5.69 Å². The van der Waals surface area contributed by atoms with Gasteiger partial charge in [0.2, 0.25) is 5.95 Å². The second-order valence-corrected chi connectivity index (χ2v) is 7.31. The Kier molecular flexibility index (Phi) is 5.16. The summed E-state index contributed by atoms with van der Waals surface area (Å²) in [5, 5.41) is 12.5. The number of aromatic nitrogens is 4. The lowest BCUT2D eigenvalue weighted by atomic mass is 10.1. The van der Waals surface area contributed by atoms with E-state index < -0.39 is 0 Å². The smallest absolute Gasteiger partial charge is 0.250 e. The summed E-state index contributed by atoms with van der Waals surface area (Å²) in [6.07, 6.45) is 1.09. The number of aryl methyl sites for hydroxylation is 1. The fourth-order valence-corrected chi connectivity index (χ4v) is 3.59. The molecule has 0 saturated carbocycles. The molecule has 1 aromatic heterocycles. The van der Waals surface area contributed by atoms with Crippen molar-refractivity contribution in [1.29, 1.82) is 0 Å². The summed E-state index contributed by atoms with van der Waals surface area (Å²) in [5.41, 5.74) is 3.59. The van der Waals surface area contributed by atoms with Crippen LogP contribution in [0.1, 0.15) is 24.5 Å². The van der Waals surface area contributed by atoms with Gasteiger partial charge in [-0.1, -0.05) is 53.1 Å². The molecule has 0 spiro atoms. The summed E-state index contributed by atoms with van der Waals surface area (Å²) in [6, 6.07) is 19.5. The molecule has 0 radical (unpaired) electrons. The van der Waals surface area contributed by atoms with Crippen LogP contribution in [0.4, 0.5) is 5.95 Å².